The Morgan fingerprint density at radius 1 is 0.874 bits per heavy atom. The van der Waals surface area contributed by atoms with Crippen LogP contribution in [-0.2, 0) is 77.9 Å². The maximum Gasteiger partial charge on any atom is 0.409 e. The SMILES string of the molecule is COc1cc2cc(c1Cl)N(C)C(=O)C[C@H](OC(=O)[C@H](C)N(C)C(=O)CCSC1CC(=O)N(CCOCCOCCNC(=O)COC(CNC(=O)CCSC)CNC(=O)CCSC3CCCCCCCC3)C1=O)[C@]1(C)O[C@H]1[C@H](C)[C@@H]1C[C@@](O)(NC(=O)O1)[C@H](OC)/C=C/C=C(\C)C2. The van der Waals surface area contributed by atoms with Gasteiger partial charge in [-0.25, -0.2) is 9.59 Å². The highest BCUT2D eigenvalue weighted by molar-refractivity contribution is 8.00. The molecule has 1 saturated carbocycles. The molecular formula is C66H100ClN7O18S3. The maximum absolute atomic E-state index is 14.4. The van der Waals surface area contributed by atoms with Crippen molar-refractivity contribution in [2.45, 2.75) is 182 Å². The number of esters is 1. The summed E-state index contributed by atoms with van der Waals surface area (Å²) in [6.07, 6.45) is 12.1. The van der Waals surface area contributed by atoms with Gasteiger partial charge in [-0.05, 0) is 64.0 Å². The van der Waals surface area contributed by atoms with Gasteiger partial charge in [0.1, 0.15) is 47.3 Å². The van der Waals surface area contributed by atoms with Crippen LogP contribution >= 0.6 is 46.9 Å². The number of rotatable bonds is 32. The first kappa shape index (κ1) is 78.8. The van der Waals surface area contributed by atoms with Crippen molar-refractivity contribution >= 4 is 106 Å². The second-order valence-corrected chi connectivity index (χ2v) is 29.0. The lowest BCUT2D eigenvalue weighted by molar-refractivity contribution is -0.162. The molecule has 4 bridgehead atoms. The molecule has 95 heavy (non-hydrogen) atoms. The Balaban J connectivity index is 0.917. The monoisotopic (exact) mass is 1410 g/mol. The van der Waals surface area contributed by atoms with E-state index in [0.29, 0.717) is 41.7 Å². The molecule has 5 aliphatic rings. The predicted octanol–water partition coefficient (Wildman–Crippen LogP) is 5.91. The molecule has 4 fully saturated rings. The number of methoxy groups -OCH3 is 2. The molecule has 6 rings (SSSR count). The van der Waals surface area contributed by atoms with Crippen LogP contribution in [0, 0.1) is 5.92 Å². The number of aliphatic hydroxyl groups is 1. The highest BCUT2D eigenvalue weighted by Crippen LogP contribution is 2.49. The first-order valence-electron chi connectivity index (χ1n) is 32.9. The topological polar surface area (TPSA) is 309 Å². The number of likely N-dealkylation sites (tertiary alicyclic amines) is 1. The van der Waals surface area contributed by atoms with Gasteiger partial charge < -0.3 is 68.8 Å². The number of alkyl carbamates (subject to hydrolysis) is 1. The van der Waals surface area contributed by atoms with Gasteiger partial charge in [0, 0.05) is 101 Å². The largest absolute Gasteiger partial charge is 0.495 e. The Morgan fingerprint density at radius 3 is 2.21 bits per heavy atom. The fraction of sp³-hybridized carbons (Fsp3) is 0.712. The van der Waals surface area contributed by atoms with Gasteiger partial charge in [0.05, 0.1) is 69.6 Å². The zero-order valence-electron chi connectivity index (χ0n) is 56.5. The third kappa shape index (κ3) is 24.4. The van der Waals surface area contributed by atoms with Crippen LogP contribution in [0.25, 0.3) is 0 Å². The molecule has 8 amide bonds. The van der Waals surface area contributed by atoms with Crippen molar-refractivity contribution in [3.8, 4) is 5.75 Å². The van der Waals surface area contributed by atoms with E-state index in [0.717, 1.165) is 33.6 Å². The van der Waals surface area contributed by atoms with Crippen LogP contribution in [0.3, 0.4) is 0 Å². The fourth-order valence-electron chi connectivity index (χ4n) is 11.8. The van der Waals surface area contributed by atoms with E-state index in [1.807, 2.05) is 31.0 Å². The number of fused-ring (bicyclic) bond motifs is 5. The number of thioether (sulfide) groups is 3. The standard InChI is InChI=1S/C66H100ClN7O18S3/c1-42-17-16-20-52(86-8)66(84)38-50(90-64(83)71-66)43(2)61-65(4,92-61)53(37-58(79)73(6)48-34-45(33-42)35-49(85-7)60(48)67)91-63(82)44(3)72(5)57(78)23-32-95-51-36-59(80)74(62(51)81)25-27-88-29-28-87-26-24-68-56(77)41-89-46(39-69-54(75)21-30-93-9)40-70-55(76)22-31-94-47-18-14-12-10-11-13-15-19-47/h16-17,20,34-35,43-44,46-47,50-53,61,84H,10-15,18-19,21-33,36-41H2,1-9H3,(H,68,77)(H,69,75)(H,70,76)(H,71,83)/b20-16+,42-17+/t43-,44+,46?,50+,51?,52-,53+,61+,65+,66+/m1/s1. The van der Waals surface area contributed by atoms with E-state index in [1.165, 1.54) is 89.4 Å². The molecule has 4 aliphatic heterocycles. The van der Waals surface area contributed by atoms with E-state index in [-0.39, 0.29) is 107 Å². The van der Waals surface area contributed by atoms with Crippen LogP contribution in [0.15, 0.2) is 35.9 Å². The molecule has 0 aromatic heterocycles. The number of allylic oxidation sites excluding steroid dienone is 3. The number of benzene rings is 1. The molecular weight excluding hydrogens is 1310 g/mol. The molecule has 1 aromatic carbocycles. The molecule has 2 unspecified atom stereocenters. The number of ether oxygens (including phenoxy) is 8. The number of halogens is 1. The molecule has 4 heterocycles. The van der Waals surface area contributed by atoms with E-state index < -0.39 is 101 Å². The molecule has 0 radical (unpaired) electrons. The number of carbonyl (C=O) groups is 9. The zero-order valence-corrected chi connectivity index (χ0v) is 59.7. The summed E-state index contributed by atoms with van der Waals surface area (Å²) in [5, 5.41) is 22.9. The lowest BCUT2D eigenvalue weighted by Gasteiger charge is -2.42. The van der Waals surface area contributed by atoms with Crippen molar-refractivity contribution in [1.82, 2.24) is 31.1 Å². The average molecular weight is 1410 g/mol. The minimum absolute atomic E-state index is 0.0130. The Kier molecular flexibility index (Phi) is 32.7. The first-order valence-corrected chi connectivity index (χ1v) is 36.8. The second-order valence-electron chi connectivity index (χ2n) is 24.9. The van der Waals surface area contributed by atoms with Gasteiger partial charge in [-0.2, -0.15) is 23.5 Å². The Labute approximate surface area is 576 Å². The normalized spacial score (nSPS) is 26.0. The van der Waals surface area contributed by atoms with Crippen LogP contribution in [-0.4, -0.2) is 238 Å². The summed E-state index contributed by atoms with van der Waals surface area (Å²) in [5.74, 6) is -1.95. The number of nitrogens with one attached hydrogen (secondary N) is 4. The second kappa shape index (κ2) is 39.4. The van der Waals surface area contributed by atoms with Crippen molar-refractivity contribution in [3.63, 3.8) is 0 Å². The number of hydrogen-bond acceptors (Lipinski definition) is 21. The molecule has 0 spiro atoms. The summed E-state index contributed by atoms with van der Waals surface area (Å²) < 4.78 is 46.6. The Hall–Kier alpha value is -5.17. The predicted molar refractivity (Wildman–Crippen MR) is 364 cm³/mol. The van der Waals surface area contributed by atoms with Crippen LogP contribution < -0.4 is 30.9 Å². The van der Waals surface area contributed by atoms with Crippen molar-refractivity contribution in [1.29, 1.82) is 0 Å². The molecule has 3 saturated heterocycles. The van der Waals surface area contributed by atoms with Gasteiger partial charge >= 0.3 is 12.1 Å². The zero-order chi connectivity index (χ0) is 69.2. The molecule has 532 valence electrons. The van der Waals surface area contributed by atoms with Crippen LogP contribution in [0.4, 0.5) is 10.5 Å². The summed E-state index contributed by atoms with van der Waals surface area (Å²) in [4.78, 5) is 123. The minimum Gasteiger partial charge on any atom is -0.495 e. The Bertz CT molecular complexity index is 2830. The van der Waals surface area contributed by atoms with Crippen LogP contribution in [0.1, 0.15) is 123 Å². The van der Waals surface area contributed by atoms with Crippen molar-refractivity contribution in [3.05, 3.63) is 46.5 Å². The van der Waals surface area contributed by atoms with Crippen molar-refractivity contribution < 1.29 is 86.2 Å². The van der Waals surface area contributed by atoms with E-state index in [2.05, 4.69) is 21.3 Å². The minimum atomic E-state index is -1.90. The molecule has 1 aliphatic carbocycles. The third-order valence-electron chi connectivity index (χ3n) is 17.8. The van der Waals surface area contributed by atoms with Gasteiger partial charge in [0.2, 0.25) is 41.4 Å². The summed E-state index contributed by atoms with van der Waals surface area (Å²) >= 11 is 11.4. The lowest BCUT2D eigenvalue weighted by atomic mass is 9.83. The molecule has 10 atom stereocenters. The number of carbonyl (C=O) groups excluding carboxylic acids is 9. The summed E-state index contributed by atoms with van der Waals surface area (Å²) in [5.41, 5.74) is -1.24. The first-order chi connectivity index (χ1) is 45.4. The van der Waals surface area contributed by atoms with Crippen LogP contribution in [0.5, 0.6) is 5.75 Å². The maximum atomic E-state index is 14.4. The summed E-state index contributed by atoms with van der Waals surface area (Å²) in [7, 11) is 5.85. The van der Waals surface area contributed by atoms with Gasteiger partial charge in [-0.15, -0.1) is 11.8 Å². The molecule has 29 heteroatoms. The van der Waals surface area contributed by atoms with Crippen molar-refractivity contribution in [2.75, 3.05) is 116 Å². The molecule has 5 N–H and O–H groups in total. The molecule has 1 aromatic rings. The number of nitrogens with zero attached hydrogens (tertiary/aromatic N) is 3. The number of anilines is 1. The van der Waals surface area contributed by atoms with Gasteiger partial charge in [0.25, 0.3) is 0 Å². The van der Waals surface area contributed by atoms with E-state index in [4.69, 9.17) is 49.5 Å². The number of likely N-dealkylation sites (N-methyl/N-ethyl adjacent to an activating group) is 1. The smallest absolute Gasteiger partial charge is 0.409 e. The van der Waals surface area contributed by atoms with Gasteiger partial charge in [-0.1, -0.05) is 80.9 Å². The number of imide groups is 1. The summed E-state index contributed by atoms with van der Waals surface area (Å²) in [6.45, 7) is 7.56. The summed E-state index contributed by atoms with van der Waals surface area (Å²) in [6, 6.07) is 2.36. The highest BCUT2D eigenvalue weighted by atomic mass is 35.5. The van der Waals surface area contributed by atoms with Gasteiger partial charge in [-0.3, -0.25) is 43.8 Å². The third-order valence-corrected chi connectivity index (χ3v) is 21.4. The van der Waals surface area contributed by atoms with E-state index in [9.17, 15) is 48.3 Å². The van der Waals surface area contributed by atoms with Crippen molar-refractivity contribution in [2.24, 2.45) is 5.92 Å². The number of epoxide rings is 1. The average Bonchev–Trinajstić information content (AvgIpc) is 1.58. The van der Waals surface area contributed by atoms with E-state index >= 15 is 0 Å². The number of hydrogen-bond donors (Lipinski definition) is 5. The number of amides is 8. The van der Waals surface area contributed by atoms with Gasteiger partial charge in [0.15, 0.2) is 5.72 Å². The quantitative estimate of drug-likeness (QED) is 0.0242. The fourth-order valence-corrected chi connectivity index (χ4v) is 14.9. The Morgan fingerprint density at radius 2 is 1.54 bits per heavy atom. The lowest BCUT2D eigenvalue weighted by Crippen LogP contribution is -2.63. The van der Waals surface area contributed by atoms with E-state index in [1.54, 1.807) is 56.9 Å². The highest BCUT2D eigenvalue weighted by Gasteiger charge is 2.64. The van der Waals surface area contributed by atoms with Crippen LogP contribution in [0.2, 0.25) is 5.02 Å². The molecule has 25 nitrogen and oxygen atoms in total.